The lowest BCUT2D eigenvalue weighted by Gasteiger charge is -2.13. The Morgan fingerprint density at radius 3 is 1.51 bits per heavy atom. The summed E-state index contributed by atoms with van der Waals surface area (Å²) in [7, 11) is 0. The van der Waals surface area contributed by atoms with Crippen LogP contribution in [0.1, 0.15) is 0 Å². The zero-order valence-corrected chi connectivity index (χ0v) is 26.0. The predicted molar refractivity (Wildman–Crippen MR) is 196 cm³/mol. The third kappa shape index (κ3) is 4.16. The molecule has 10 rings (SSSR count). The van der Waals surface area contributed by atoms with Crippen LogP contribution >= 0.6 is 11.3 Å². The first kappa shape index (κ1) is 26.3. The first-order chi connectivity index (χ1) is 23.3. The second kappa shape index (κ2) is 10.3. The summed E-state index contributed by atoms with van der Waals surface area (Å²) in [5, 5.41) is 5.30. The van der Waals surface area contributed by atoms with Crippen LogP contribution in [0.3, 0.4) is 0 Å². The lowest BCUT2D eigenvalue weighted by molar-refractivity contribution is 1.07. The highest BCUT2D eigenvalue weighted by Gasteiger charge is 2.23. The van der Waals surface area contributed by atoms with Crippen LogP contribution in [0.25, 0.3) is 98.5 Å². The Labute approximate surface area is 275 Å². The van der Waals surface area contributed by atoms with Crippen LogP contribution in [-0.2, 0) is 0 Å². The molecule has 47 heavy (non-hydrogen) atoms. The molecule has 218 valence electrons. The van der Waals surface area contributed by atoms with Crippen LogP contribution in [0.2, 0.25) is 0 Å². The molecule has 3 nitrogen and oxygen atoms in total. The van der Waals surface area contributed by atoms with Gasteiger partial charge in [0.25, 0.3) is 0 Å². The molecular weight excluding hydrogens is 591 g/mol. The molecule has 0 saturated heterocycles. The standard InChI is InChI=1S/C43H25N3S/c1-3-11-27(12-4-1)41-44-42(28-13-5-2-6-14-28)46-43(45-41)30-18-7-17-29(23-30)31-24-35-34-20-9-16-26-15-8-19-32(38(26)34)33-21-10-22-36-39(33)40(35)37(25-31)47-36/h1-25H. The molecule has 0 N–H and O–H groups in total. The van der Waals surface area contributed by atoms with Gasteiger partial charge in [0.1, 0.15) is 0 Å². The molecule has 2 aromatic heterocycles. The molecule has 0 fully saturated rings. The fraction of sp³-hybridized carbons (Fsp3) is 0. The van der Waals surface area contributed by atoms with Crippen molar-refractivity contribution in [1.82, 2.24) is 15.0 Å². The van der Waals surface area contributed by atoms with Crippen molar-refractivity contribution < 1.29 is 0 Å². The highest BCUT2D eigenvalue weighted by atomic mass is 32.1. The Morgan fingerprint density at radius 1 is 0.319 bits per heavy atom. The number of aromatic nitrogens is 3. The summed E-state index contributed by atoms with van der Waals surface area (Å²) in [5.41, 5.74) is 10.4. The van der Waals surface area contributed by atoms with Crippen molar-refractivity contribution in [1.29, 1.82) is 0 Å². The van der Waals surface area contributed by atoms with Crippen LogP contribution < -0.4 is 0 Å². The summed E-state index contributed by atoms with van der Waals surface area (Å²) in [6.07, 6.45) is 0. The Hall–Kier alpha value is -5.97. The van der Waals surface area contributed by atoms with Gasteiger partial charge in [0.2, 0.25) is 0 Å². The lowest BCUT2D eigenvalue weighted by Crippen LogP contribution is -2.00. The van der Waals surface area contributed by atoms with Crippen LogP contribution in [0.4, 0.5) is 0 Å². The molecule has 0 atom stereocenters. The molecule has 0 bridgehead atoms. The predicted octanol–water partition coefficient (Wildman–Crippen LogP) is 11.7. The molecule has 7 aromatic carbocycles. The number of fused-ring (bicyclic) bond motifs is 2. The van der Waals surface area contributed by atoms with Gasteiger partial charge in [0.15, 0.2) is 17.5 Å². The van der Waals surface area contributed by atoms with Gasteiger partial charge >= 0.3 is 0 Å². The maximum atomic E-state index is 5.00. The van der Waals surface area contributed by atoms with Gasteiger partial charge in [-0.15, -0.1) is 11.3 Å². The maximum Gasteiger partial charge on any atom is 0.164 e. The molecule has 1 aliphatic carbocycles. The van der Waals surface area contributed by atoms with Crippen molar-refractivity contribution in [2.45, 2.75) is 0 Å². The van der Waals surface area contributed by atoms with Crippen molar-refractivity contribution in [2.75, 3.05) is 0 Å². The molecule has 0 radical (unpaired) electrons. The van der Waals surface area contributed by atoms with E-state index in [-0.39, 0.29) is 0 Å². The van der Waals surface area contributed by atoms with Crippen molar-refractivity contribution in [2.24, 2.45) is 0 Å². The SMILES string of the molecule is c1ccc(-c2nc(-c3ccccc3)nc(-c3cccc(-c4cc5c6c(c4)sc4cccc(c46)-c4cccc6cccc-5c46)c3)n2)cc1. The first-order valence-corrected chi connectivity index (χ1v) is 16.6. The van der Waals surface area contributed by atoms with E-state index in [4.69, 9.17) is 15.0 Å². The van der Waals surface area contributed by atoms with E-state index in [9.17, 15) is 0 Å². The van der Waals surface area contributed by atoms with Gasteiger partial charge in [-0.2, -0.15) is 0 Å². The minimum absolute atomic E-state index is 0.656. The van der Waals surface area contributed by atoms with Gasteiger partial charge < -0.3 is 0 Å². The topological polar surface area (TPSA) is 38.7 Å². The van der Waals surface area contributed by atoms with E-state index in [1.165, 1.54) is 58.8 Å². The highest BCUT2D eigenvalue weighted by Crippen LogP contribution is 2.51. The van der Waals surface area contributed by atoms with E-state index >= 15 is 0 Å². The minimum Gasteiger partial charge on any atom is -0.208 e. The third-order valence-electron chi connectivity index (χ3n) is 9.24. The Bertz CT molecular complexity index is 2610. The van der Waals surface area contributed by atoms with Gasteiger partial charge in [-0.3, -0.25) is 0 Å². The average molecular weight is 616 g/mol. The second-order valence-corrected chi connectivity index (χ2v) is 13.1. The van der Waals surface area contributed by atoms with Crippen LogP contribution in [0.5, 0.6) is 0 Å². The first-order valence-electron chi connectivity index (χ1n) is 15.8. The van der Waals surface area contributed by atoms with Gasteiger partial charge in [0, 0.05) is 36.9 Å². The minimum atomic E-state index is 0.656. The smallest absolute Gasteiger partial charge is 0.164 e. The summed E-state index contributed by atoms with van der Waals surface area (Å²) in [6.45, 7) is 0. The summed E-state index contributed by atoms with van der Waals surface area (Å²) < 4.78 is 2.62. The quantitative estimate of drug-likeness (QED) is 0.198. The Kier molecular flexibility index (Phi) is 5.74. The molecule has 0 aliphatic heterocycles. The molecule has 0 saturated carbocycles. The van der Waals surface area contributed by atoms with Crippen molar-refractivity contribution >= 4 is 42.3 Å². The van der Waals surface area contributed by atoms with Crippen molar-refractivity contribution in [3.8, 4) is 67.5 Å². The average Bonchev–Trinajstić information content (AvgIpc) is 3.48. The molecular formula is C43H25N3S. The highest BCUT2D eigenvalue weighted by molar-refractivity contribution is 7.26. The number of nitrogens with zero attached hydrogens (tertiary/aromatic N) is 3. The van der Waals surface area contributed by atoms with Crippen LogP contribution in [0.15, 0.2) is 152 Å². The molecule has 0 spiro atoms. The van der Waals surface area contributed by atoms with E-state index < -0.39 is 0 Å². The van der Waals surface area contributed by atoms with Crippen LogP contribution in [-0.4, -0.2) is 15.0 Å². The number of hydrogen-bond acceptors (Lipinski definition) is 4. The van der Waals surface area contributed by atoms with E-state index in [1.54, 1.807) is 0 Å². The normalized spacial score (nSPS) is 11.8. The van der Waals surface area contributed by atoms with Gasteiger partial charge in [-0.25, -0.2) is 15.0 Å². The van der Waals surface area contributed by atoms with Gasteiger partial charge in [0.05, 0.1) is 0 Å². The summed E-state index contributed by atoms with van der Waals surface area (Å²) in [6, 6.07) is 53.8. The van der Waals surface area contributed by atoms with Gasteiger partial charge in [-0.1, -0.05) is 127 Å². The van der Waals surface area contributed by atoms with Crippen molar-refractivity contribution in [3.63, 3.8) is 0 Å². The molecule has 0 unspecified atom stereocenters. The lowest BCUT2D eigenvalue weighted by atomic mass is 9.92. The Balaban J connectivity index is 1.19. The molecule has 1 aliphatic rings. The summed E-state index contributed by atoms with van der Waals surface area (Å²) in [5.74, 6) is 1.98. The van der Waals surface area contributed by atoms with E-state index in [2.05, 4.69) is 91.0 Å². The number of hydrogen-bond donors (Lipinski definition) is 0. The van der Waals surface area contributed by atoms with Crippen molar-refractivity contribution in [3.05, 3.63) is 152 Å². The van der Waals surface area contributed by atoms with E-state index in [0.29, 0.717) is 17.5 Å². The summed E-state index contributed by atoms with van der Waals surface area (Å²) >= 11 is 1.88. The zero-order chi connectivity index (χ0) is 30.9. The molecule has 2 heterocycles. The summed E-state index contributed by atoms with van der Waals surface area (Å²) in [4.78, 5) is 14.9. The van der Waals surface area contributed by atoms with Gasteiger partial charge in [-0.05, 0) is 68.4 Å². The second-order valence-electron chi connectivity index (χ2n) is 12.0. The number of rotatable bonds is 4. The maximum absolute atomic E-state index is 5.00. The van der Waals surface area contributed by atoms with E-state index in [1.807, 2.05) is 72.0 Å². The molecule has 0 amide bonds. The zero-order valence-electron chi connectivity index (χ0n) is 25.2. The fourth-order valence-corrected chi connectivity index (χ4v) is 8.31. The number of thiophene rings is 1. The third-order valence-corrected chi connectivity index (χ3v) is 10.3. The van der Waals surface area contributed by atoms with Crippen LogP contribution in [0, 0.1) is 0 Å². The largest absolute Gasteiger partial charge is 0.208 e. The molecule has 9 aromatic rings. The molecule has 4 heteroatoms. The fourth-order valence-electron chi connectivity index (χ4n) is 7.12. The monoisotopic (exact) mass is 615 g/mol. The Morgan fingerprint density at radius 2 is 0.830 bits per heavy atom. The van der Waals surface area contributed by atoms with E-state index in [0.717, 1.165) is 22.3 Å². The number of benzene rings is 7.